The average molecular weight is 261 g/mol. The van der Waals surface area contributed by atoms with Crippen LogP contribution in [0.4, 0.5) is 5.69 Å². The number of rotatable bonds is 1. The number of aryl methyl sites for hydroxylation is 2. The Morgan fingerprint density at radius 3 is 2.78 bits per heavy atom. The molecule has 0 fully saturated rings. The van der Waals surface area contributed by atoms with Crippen LogP contribution in [0.5, 0.6) is 0 Å². The average Bonchev–Trinajstić information content (AvgIpc) is 2.63. The van der Waals surface area contributed by atoms with Crippen LogP contribution in [0, 0.1) is 13.8 Å². The molecule has 1 aliphatic heterocycles. The summed E-state index contributed by atoms with van der Waals surface area (Å²) >= 11 is 6.19. The third kappa shape index (κ3) is 1.81. The largest absolute Gasteiger partial charge is 0.385 e. The minimum absolute atomic E-state index is 0.832. The van der Waals surface area contributed by atoms with E-state index < -0.39 is 0 Å². The van der Waals surface area contributed by atoms with E-state index in [4.69, 9.17) is 11.6 Å². The molecule has 3 rings (SSSR count). The van der Waals surface area contributed by atoms with Gasteiger partial charge in [0.1, 0.15) is 0 Å². The van der Waals surface area contributed by atoms with Gasteiger partial charge >= 0.3 is 0 Å². The van der Waals surface area contributed by atoms with Gasteiger partial charge in [0.15, 0.2) is 0 Å². The predicted molar refractivity (Wildman–Crippen MR) is 77.1 cm³/mol. The van der Waals surface area contributed by atoms with Crippen molar-refractivity contribution < 1.29 is 0 Å². The van der Waals surface area contributed by atoms with Gasteiger partial charge in [0, 0.05) is 29.3 Å². The van der Waals surface area contributed by atoms with Crippen LogP contribution in [-0.2, 0) is 6.42 Å². The summed E-state index contributed by atoms with van der Waals surface area (Å²) in [5.74, 6) is 0. The maximum Gasteiger partial charge on any atom is 0.0618 e. The van der Waals surface area contributed by atoms with E-state index in [1.807, 2.05) is 6.07 Å². The maximum atomic E-state index is 6.19. The summed E-state index contributed by atoms with van der Waals surface area (Å²) < 4.78 is 2.21. The molecule has 0 bridgehead atoms. The van der Waals surface area contributed by atoms with Crippen molar-refractivity contribution in [1.82, 2.24) is 4.57 Å². The number of fused-ring (bicyclic) bond motifs is 1. The summed E-state index contributed by atoms with van der Waals surface area (Å²) in [5.41, 5.74) is 6.14. The van der Waals surface area contributed by atoms with Crippen LogP contribution in [0.1, 0.15) is 23.4 Å². The molecule has 3 heteroatoms. The first-order valence-corrected chi connectivity index (χ1v) is 6.76. The number of benzene rings is 1. The van der Waals surface area contributed by atoms with Gasteiger partial charge in [0.05, 0.1) is 5.02 Å². The molecule has 0 atom stereocenters. The van der Waals surface area contributed by atoms with Gasteiger partial charge in [0.2, 0.25) is 0 Å². The summed E-state index contributed by atoms with van der Waals surface area (Å²) in [5, 5.41) is 4.30. The Labute approximate surface area is 113 Å². The van der Waals surface area contributed by atoms with Crippen LogP contribution >= 0.6 is 11.6 Å². The van der Waals surface area contributed by atoms with Gasteiger partial charge in [-0.15, -0.1) is 0 Å². The maximum absolute atomic E-state index is 6.19. The number of anilines is 1. The predicted octanol–water partition coefficient (Wildman–Crippen LogP) is 4.11. The van der Waals surface area contributed by atoms with Crippen molar-refractivity contribution >= 4 is 17.3 Å². The number of hydrogen-bond acceptors (Lipinski definition) is 1. The minimum Gasteiger partial charge on any atom is -0.385 e. The highest BCUT2D eigenvalue weighted by Crippen LogP contribution is 2.29. The van der Waals surface area contributed by atoms with E-state index in [-0.39, 0.29) is 0 Å². The summed E-state index contributed by atoms with van der Waals surface area (Å²) in [7, 11) is 0. The number of nitrogens with one attached hydrogen (secondary N) is 1. The van der Waals surface area contributed by atoms with Gasteiger partial charge in [-0.1, -0.05) is 17.7 Å². The molecule has 0 saturated heterocycles. The van der Waals surface area contributed by atoms with Crippen molar-refractivity contribution in [3.63, 3.8) is 0 Å². The molecular weight excluding hydrogens is 244 g/mol. The number of nitrogens with zero attached hydrogens (tertiary/aromatic N) is 1. The van der Waals surface area contributed by atoms with Crippen LogP contribution in [0.15, 0.2) is 24.3 Å². The molecule has 18 heavy (non-hydrogen) atoms. The number of halogens is 1. The van der Waals surface area contributed by atoms with Crippen molar-refractivity contribution in [2.45, 2.75) is 26.7 Å². The molecule has 1 aliphatic rings. The van der Waals surface area contributed by atoms with E-state index in [0.29, 0.717) is 0 Å². The van der Waals surface area contributed by atoms with Crippen molar-refractivity contribution in [3.8, 4) is 5.69 Å². The Balaban J connectivity index is 2.12. The summed E-state index contributed by atoms with van der Waals surface area (Å²) in [6, 6.07) is 8.65. The monoisotopic (exact) mass is 260 g/mol. The normalized spacial score (nSPS) is 14.2. The van der Waals surface area contributed by atoms with E-state index in [1.54, 1.807) is 0 Å². The van der Waals surface area contributed by atoms with Crippen molar-refractivity contribution in [2.24, 2.45) is 0 Å². The van der Waals surface area contributed by atoms with Crippen LogP contribution in [0.3, 0.4) is 0 Å². The zero-order chi connectivity index (χ0) is 12.7. The van der Waals surface area contributed by atoms with Gasteiger partial charge in [-0.2, -0.15) is 0 Å². The molecule has 94 valence electrons. The first kappa shape index (κ1) is 11.7. The second-order valence-electron chi connectivity index (χ2n) is 4.93. The molecule has 0 spiro atoms. The molecule has 2 aromatic rings. The molecule has 2 heterocycles. The van der Waals surface area contributed by atoms with E-state index in [1.165, 1.54) is 35.5 Å². The highest BCUT2D eigenvalue weighted by Gasteiger charge is 2.12. The lowest BCUT2D eigenvalue weighted by Gasteiger charge is -2.20. The topological polar surface area (TPSA) is 17.0 Å². The number of hydrogen-bond donors (Lipinski definition) is 1. The molecule has 0 amide bonds. The molecular formula is C15H17ClN2. The van der Waals surface area contributed by atoms with Crippen molar-refractivity contribution in [1.29, 1.82) is 0 Å². The smallest absolute Gasteiger partial charge is 0.0618 e. The quantitative estimate of drug-likeness (QED) is 0.817. The van der Waals surface area contributed by atoms with E-state index >= 15 is 0 Å². The zero-order valence-electron chi connectivity index (χ0n) is 10.8. The second-order valence-corrected chi connectivity index (χ2v) is 5.33. The number of aromatic nitrogens is 1. The summed E-state index contributed by atoms with van der Waals surface area (Å²) in [6.07, 6.45) is 2.40. The van der Waals surface area contributed by atoms with Gasteiger partial charge in [-0.05, 0) is 50.5 Å². The van der Waals surface area contributed by atoms with Gasteiger partial charge in [-0.25, -0.2) is 0 Å². The fourth-order valence-corrected chi connectivity index (χ4v) is 2.95. The van der Waals surface area contributed by atoms with Crippen molar-refractivity contribution in [3.05, 3.63) is 46.2 Å². The fraction of sp³-hybridized carbons (Fsp3) is 0.333. The molecule has 2 nitrogen and oxygen atoms in total. The van der Waals surface area contributed by atoms with Crippen LogP contribution < -0.4 is 5.32 Å². The second kappa shape index (κ2) is 4.36. The Bertz CT molecular complexity index is 599. The molecule has 0 unspecified atom stereocenters. The van der Waals surface area contributed by atoms with E-state index in [0.717, 1.165) is 17.3 Å². The lowest BCUT2D eigenvalue weighted by molar-refractivity contribution is 0.828. The van der Waals surface area contributed by atoms with Gasteiger partial charge in [-0.3, -0.25) is 0 Å². The molecule has 0 radical (unpaired) electrons. The Morgan fingerprint density at radius 2 is 2.06 bits per heavy atom. The van der Waals surface area contributed by atoms with Crippen molar-refractivity contribution in [2.75, 3.05) is 11.9 Å². The highest BCUT2D eigenvalue weighted by atomic mass is 35.5. The zero-order valence-corrected chi connectivity index (χ0v) is 11.5. The van der Waals surface area contributed by atoms with Crippen LogP contribution in [-0.4, -0.2) is 11.1 Å². The highest BCUT2D eigenvalue weighted by molar-refractivity contribution is 6.31. The van der Waals surface area contributed by atoms with E-state index in [9.17, 15) is 0 Å². The lowest BCUT2D eigenvalue weighted by Crippen LogP contribution is -2.12. The van der Waals surface area contributed by atoms with Gasteiger partial charge < -0.3 is 9.88 Å². The summed E-state index contributed by atoms with van der Waals surface area (Å²) in [6.45, 7) is 5.22. The van der Waals surface area contributed by atoms with Crippen LogP contribution in [0.25, 0.3) is 5.69 Å². The van der Waals surface area contributed by atoms with E-state index in [2.05, 4.69) is 41.9 Å². The fourth-order valence-electron chi connectivity index (χ4n) is 2.71. The lowest BCUT2D eigenvalue weighted by atomic mass is 10.0. The molecule has 0 saturated carbocycles. The van der Waals surface area contributed by atoms with Gasteiger partial charge in [0.25, 0.3) is 0 Å². The summed E-state index contributed by atoms with van der Waals surface area (Å²) in [4.78, 5) is 0. The first-order valence-electron chi connectivity index (χ1n) is 6.38. The molecule has 0 aliphatic carbocycles. The first-order chi connectivity index (χ1) is 8.66. The van der Waals surface area contributed by atoms with Crippen LogP contribution in [0.2, 0.25) is 5.02 Å². The molecule has 1 N–H and O–H groups in total. The standard InChI is InChI=1S/C15H17ClN2/c1-10-8-14(16)11(2)18(10)13-6-5-12-4-3-7-17-15(12)9-13/h5-6,8-9,17H,3-4,7H2,1-2H3. The molecule has 1 aromatic heterocycles. The third-order valence-corrected chi connectivity index (χ3v) is 4.04. The molecule has 1 aromatic carbocycles. The Hall–Kier alpha value is -1.41. The Morgan fingerprint density at radius 1 is 1.22 bits per heavy atom. The Kier molecular flexibility index (Phi) is 2.83. The third-order valence-electron chi connectivity index (χ3n) is 3.66. The minimum atomic E-state index is 0.832. The SMILES string of the molecule is Cc1cc(Cl)c(C)n1-c1ccc2c(c1)NCCC2.